The summed E-state index contributed by atoms with van der Waals surface area (Å²) in [5.74, 6) is 0.850. The minimum absolute atomic E-state index is 0.371. The van der Waals surface area contributed by atoms with Crippen LogP contribution >= 0.6 is 11.6 Å². The maximum atomic E-state index is 12.5. The fraction of sp³-hybridized carbons (Fsp3) is 0.267. The summed E-state index contributed by atoms with van der Waals surface area (Å²) >= 11 is 5.77. The summed E-state index contributed by atoms with van der Waals surface area (Å²) in [6.07, 6.45) is -3.52. The molecule has 2 nitrogen and oxygen atoms in total. The standard InChI is InChI=1S/C15H14ClF3N2/c16-8-9-21(11-12-4-2-1-3-5-12)14-7-6-13(10-20-14)15(17,18)19/h1-7,10H,8-9,11H2. The average Bonchev–Trinajstić information content (AvgIpc) is 2.47. The summed E-state index contributed by atoms with van der Waals surface area (Å²) < 4.78 is 37.6. The third-order valence-corrected chi connectivity index (χ3v) is 3.14. The van der Waals surface area contributed by atoms with E-state index in [2.05, 4.69) is 4.98 Å². The number of nitrogens with zero attached hydrogens (tertiary/aromatic N) is 2. The van der Waals surface area contributed by atoms with Gasteiger partial charge in [0.05, 0.1) is 5.56 Å². The second-order valence-electron chi connectivity index (χ2n) is 4.50. The highest BCUT2D eigenvalue weighted by molar-refractivity contribution is 6.18. The molecule has 0 spiro atoms. The van der Waals surface area contributed by atoms with Crippen LogP contribution in [0.5, 0.6) is 0 Å². The third kappa shape index (κ3) is 4.36. The number of rotatable bonds is 5. The highest BCUT2D eigenvalue weighted by Gasteiger charge is 2.30. The molecular weight excluding hydrogens is 301 g/mol. The van der Waals surface area contributed by atoms with Gasteiger partial charge in [-0.2, -0.15) is 13.2 Å². The molecule has 0 aliphatic rings. The minimum atomic E-state index is -4.37. The number of halogens is 4. The molecule has 6 heteroatoms. The van der Waals surface area contributed by atoms with Gasteiger partial charge in [0.1, 0.15) is 5.82 Å². The van der Waals surface area contributed by atoms with Crippen molar-refractivity contribution in [3.63, 3.8) is 0 Å². The van der Waals surface area contributed by atoms with Crippen LogP contribution in [0.2, 0.25) is 0 Å². The van der Waals surface area contributed by atoms with Gasteiger partial charge in [0.25, 0.3) is 0 Å². The summed E-state index contributed by atoms with van der Waals surface area (Å²) in [5.41, 5.74) is 0.293. The Morgan fingerprint density at radius 3 is 2.29 bits per heavy atom. The van der Waals surface area contributed by atoms with Crippen LogP contribution in [-0.2, 0) is 12.7 Å². The summed E-state index contributed by atoms with van der Waals surface area (Å²) in [6, 6.07) is 12.0. The predicted molar refractivity (Wildman–Crippen MR) is 77.5 cm³/mol. The maximum absolute atomic E-state index is 12.5. The number of aromatic nitrogens is 1. The number of hydrogen-bond acceptors (Lipinski definition) is 2. The van der Waals surface area contributed by atoms with Gasteiger partial charge in [-0.05, 0) is 17.7 Å². The zero-order valence-electron chi connectivity index (χ0n) is 11.1. The van der Waals surface area contributed by atoms with E-state index < -0.39 is 11.7 Å². The van der Waals surface area contributed by atoms with Crippen molar-refractivity contribution in [3.05, 3.63) is 59.8 Å². The molecule has 0 unspecified atom stereocenters. The Morgan fingerprint density at radius 1 is 1.05 bits per heavy atom. The molecule has 21 heavy (non-hydrogen) atoms. The second-order valence-corrected chi connectivity index (χ2v) is 4.88. The number of anilines is 1. The molecule has 0 atom stereocenters. The first kappa shape index (κ1) is 15.6. The van der Waals surface area contributed by atoms with Crippen LogP contribution in [0, 0.1) is 0 Å². The van der Waals surface area contributed by atoms with Crippen LogP contribution in [0.4, 0.5) is 19.0 Å². The molecule has 0 N–H and O–H groups in total. The van der Waals surface area contributed by atoms with Crippen molar-refractivity contribution in [2.75, 3.05) is 17.3 Å². The van der Waals surface area contributed by atoms with Crippen molar-refractivity contribution >= 4 is 17.4 Å². The van der Waals surface area contributed by atoms with Gasteiger partial charge < -0.3 is 4.90 Å². The first-order chi connectivity index (χ1) is 10.0. The lowest BCUT2D eigenvalue weighted by molar-refractivity contribution is -0.137. The van der Waals surface area contributed by atoms with Crippen molar-refractivity contribution in [1.29, 1.82) is 0 Å². The highest BCUT2D eigenvalue weighted by Crippen LogP contribution is 2.29. The Labute approximate surface area is 126 Å². The monoisotopic (exact) mass is 314 g/mol. The van der Waals surface area contributed by atoms with Crippen LogP contribution in [0.3, 0.4) is 0 Å². The lowest BCUT2D eigenvalue weighted by atomic mass is 10.2. The molecule has 0 fully saturated rings. The highest BCUT2D eigenvalue weighted by atomic mass is 35.5. The summed E-state index contributed by atoms with van der Waals surface area (Å²) in [4.78, 5) is 5.76. The van der Waals surface area contributed by atoms with Gasteiger partial charge >= 0.3 is 6.18 Å². The van der Waals surface area contributed by atoms with Crippen molar-refractivity contribution in [3.8, 4) is 0 Å². The van der Waals surface area contributed by atoms with E-state index in [9.17, 15) is 13.2 Å². The Bertz CT molecular complexity index is 555. The number of benzene rings is 1. The van der Waals surface area contributed by atoms with E-state index in [4.69, 9.17) is 11.6 Å². The summed E-state index contributed by atoms with van der Waals surface area (Å²) in [6.45, 7) is 1.06. The number of alkyl halides is 4. The topological polar surface area (TPSA) is 16.1 Å². The van der Waals surface area contributed by atoms with Crippen molar-refractivity contribution in [2.45, 2.75) is 12.7 Å². The Hall–Kier alpha value is -1.75. The molecule has 112 valence electrons. The molecule has 0 radical (unpaired) electrons. The SMILES string of the molecule is FC(F)(F)c1ccc(N(CCCl)Cc2ccccc2)nc1. The largest absolute Gasteiger partial charge is 0.417 e. The molecule has 2 aromatic rings. The third-order valence-electron chi connectivity index (χ3n) is 2.97. The zero-order valence-corrected chi connectivity index (χ0v) is 11.9. The average molecular weight is 315 g/mol. The van der Waals surface area contributed by atoms with E-state index in [0.29, 0.717) is 24.8 Å². The van der Waals surface area contributed by atoms with Crippen LogP contribution in [0.15, 0.2) is 48.7 Å². The number of hydrogen-bond donors (Lipinski definition) is 0. The van der Waals surface area contributed by atoms with Gasteiger partial charge in [-0.15, -0.1) is 11.6 Å². The Morgan fingerprint density at radius 2 is 1.76 bits per heavy atom. The van der Waals surface area contributed by atoms with Gasteiger partial charge in [-0.1, -0.05) is 30.3 Å². The molecule has 0 aliphatic carbocycles. The van der Waals surface area contributed by atoms with E-state index in [-0.39, 0.29) is 0 Å². The molecule has 0 saturated heterocycles. The van der Waals surface area contributed by atoms with Gasteiger partial charge in [-0.25, -0.2) is 4.98 Å². The smallest absolute Gasteiger partial charge is 0.351 e. The first-order valence-corrected chi connectivity index (χ1v) is 6.92. The molecule has 2 rings (SSSR count). The van der Waals surface area contributed by atoms with Gasteiger partial charge in [0.2, 0.25) is 0 Å². The van der Waals surface area contributed by atoms with Crippen molar-refractivity contribution in [2.24, 2.45) is 0 Å². The lowest BCUT2D eigenvalue weighted by Gasteiger charge is -2.23. The lowest BCUT2D eigenvalue weighted by Crippen LogP contribution is -2.26. The van der Waals surface area contributed by atoms with Gasteiger partial charge in [0, 0.05) is 25.2 Å². The molecule has 1 aromatic carbocycles. The minimum Gasteiger partial charge on any atom is -0.351 e. The van der Waals surface area contributed by atoms with Gasteiger partial charge in [0.15, 0.2) is 0 Å². The van der Waals surface area contributed by atoms with Crippen LogP contribution in [0.25, 0.3) is 0 Å². The van der Waals surface area contributed by atoms with E-state index in [1.54, 1.807) is 0 Å². The molecule has 0 amide bonds. The number of pyridine rings is 1. The summed E-state index contributed by atoms with van der Waals surface area (Å²) in [7, 11) is 0. The van der Waals surface area contributed by atoms with Crippen molar-refractivity contribution < 1.29 is 13.2 Å². The van der Waals surface area contributed by atoms with E-state index >= 15 is 0 Å². The molecule has 0 aliphatic heterocycles. The van der Waals surface area contributed by atoms with Crippen LogP contribution in [-0.4, -0.2) is 17.4 Å². The van der Waals surface area contributed by atoms with Crippen LogP contribution in [0.1, 0.15) is 11.1 Å². The van der Waals surface area contributed by atoms with E-state index in [0.717, 1.165) is 17.8 Å². The van der Waals surface area contributed by atoms with E-state index in [1.807, 2.05) is 35.2 Å². The van der Waals surface area contributed by atoms with Gasteiger partial charge in [-0.3, -0.25) is 0 Å². The molecule has 0 saturated carbocycles. The Balaban J connectivity index is 2.18. The molecule has 0 bridgehead atoms. The molecule has 1 heterocycles. The normalized spacial score (nSPS) is 11.4. The Kier molecular flexibility index (Phi) is 5.07. The second kappa shape index (κ2) is 6.80. The first-order valence-electron chi connectivity index (χ1n) is 6.39. The zero-order chi connectivity index (χ0) is 15.3. The van der Waals surface area contributed by atoms with E-state index in [1.165, 1.54) is 6.07 Å². The fourth-order valence-electron chi connectivity index (χ4n) is 1.92. The molecule has 1 aromatic heterocycles. The fourth-order valence-corrected chi connectivity index (χ4v) is 2.13. The maximum Gasteiger partial charge on any atom is 0.417 e. The predicted octanol–water partition coefficient (Wildman–Crippen LogP) is 4.35. The quantitative estimate of drug-likeness (QED) is 0.763. The van der Waals surface area contributed by atoms with Crippen LogP contribution < -0.4 is 4.90 Å². The summed E-state index contributed by atoms with van der Waals surface area (Å²) in [5, 5.41) is 0. The molecular formula is C15H14ClF3N2. The van der Waals surface area contributed by atoms with Crippen molar-refractivity contribution in [1.82, 2.24) is 4.98 Å².